The van der Waals surface area contributed by atoms with Gasteiger partial charge in [-0.3, -0.25) is 0 Å². The summed E-state index contributed by atoms with van der Waals surface area (Å²) in [6.45, 7) is 0. The Morgan fingerprint density at radius 1 is 1.10 bits per heavy atom. The fourth-order valence-corrected chi connectivity index (χ4v) is 2.13. The van der Waals surface area contributed by atoms with Crippen molar-refractivity contribution in [1.82, 2.24) is 0 Å². The van der Waals surface area contributed by atoms with Gasteiger partial charge in [-0.15, -0.1) is 0 Å². The molecule has 0 nitrogen and oxygen atoms in total. The van der Waals surface area contributed by atoms with Crippen LogP contribution >= 0.6 is 11.7 Å². The van der Waals surface area contributed by atoms with Crippen molar-refractivity contribution in [2.45, 2.75) is 4.90 Å². The smallest absolute Gasteiger partial charge is 0.0253 e. The molecule has 0 aliphatic carbocycles. The molecular weight excluding hydrogens is 200 g/mol. The summed E-state index contributed by atoms with van der Waals surface area (Å²) in [7, 11) is 0. The topological polar surface area (TPSA) is 0 Å². The van der Waals surface area contributed by atoms with Gasteiger partial charge in [-0.05, 0) is 40.7 Å². The van der Waals surface area contributed by atoms with E-state index >= 15 is 0 Å². The van der Waals surface area contributed by atoms with Gasteiger partial charge in [0.1, 0.15) is 0 Å². The van der Waals surface area contributed by atoms with Gasteiger partial charge in [0.15, 0.2) is 0 Å². The van der Waals surface area contributed by atoms with Crippen LogP contribution in [0.4, 0.5) is 0 Å². The van der Waals surface area contributed by atoms with Gasteiger partial charge in [-0.1, -0.05) is 29.9 Å². The van der Waals surface area contributed by atoms with Crippen molar-refractivity contribution in [3.63, 3.8) is 0 Å². The molecule has 0 N–H and O–H groups in total. The van der Waals surface area contributed by atoms with Crippen molar-refractivity contribution < 1.29 is 0 Å². The largest absolute Gasteiger partial charge is 0.0986 e. The summed E-state index contributed by atoms with van der Waals surface area (Å²) >= 11 is 14.2. The molecule has 1 rings (SSSR count). The maximum Gasteiger partial charge on any atom is 0.0253 e. The average Bonchev–Trinajstić information content (AvgIpc) is 1.88. The first-order valence-electron chi connectivity index (χ1n) is 2.63. The first-order chi connectivity index (χ1) is 4.61. The van der Waals surface area contributed by atoms with Crippen LogP contribution < -0.4 is 0 Å². The van der Waals surface area contributed by atoms with Gasteiger partial charge in [0.25, 0.3) is 0 Å². The zero-order valence-corrected chi connectivity index (χ0v) is 8.40. The first-order valence-corrected chi connectivity index (χ1v) is 7.17. The minimum Gasteiger partial charge on any atom is -0.0986 e. The highest BCUT2D eigenvalue weighted by molar-refractivity contribution is 8.92. The normalized spacial score (nSPS) is 11.3. The lowest BCUT2D eigenvalue weighted by atomic mass is 10.4. The van der Waals surface area contributed by atoms with E-state index in [2.05, 4.69) is 11.7 Å². The summed E-state index contributed by atoms with van der Waals surface area (Å²) in [6.07, 6.45) is -1.64. The predicted octanol–water partition coefficient (Wildman–Crippen LogP) is 1.97. The van der Waals surface area contributed by atoms with Crippen LogP contribution in [0.2, 0.25) is 0 Å². The molecule has 0 aliphatic rings. The molecule has 0 fully saturated rings. The van der Waals surface area contributed by atoms with Crippen molar-refractivity contribution in [3.8, 4) is 0 Å². The minimum atomic E-state index is -1.64. The molecule has 0 unspecified atom stereocenters. The van der Waals surface area contributed by atoms with Crippen molar-refractivity contribution in [1.29, 1.82) is 0 Å². The molecule has 0 atom stereocenters. The molecule has 0 aliphatic heterocycles. The lowest BCUT2D eigenvalue weighted by Crippen LogP contribution is -1.83. The van der Waals surface area contributed by atoms with E-state index in [4.69, 9.17) is 22.4 Å². The molecule has 0 radical (unpaired) electrons. The van der Waals surface area contributed by atoms with Gasteiger partial charge >= 0.3 is 0 Å². The first kappa shape index (κ1) is 8.46. The van der Waals surface area contributed by atoms with Crippen LogP contribution in [0.5, 0.6) is 0 Å². The van der Waals surface area contributed by atoms with E-state index < -0.39 is 6.18 Å². The monoisotopic (exact) mass is 206 g/mol. The molecule has 0 saturated carbocycles. The molecule has 1 aromatic rings. The molecule has 0 heterocycles. The fourth-order valence-electron chi connectivity index (χ4n) is 0.592. The number of benzene rings is 1. The highest BCUT2D eigenvalue weighted by Gasteiger charge is 1.95. The van der Waals surface area contributed by atoms with Gasteiger partial charge in [0.05, 0.1) is 0 Å². The zero-order valence-electron chi connectivity index (χ0n) is 5.06. The summed E-state index contributed by atoms with van der Waals surface area (Å²) in [4.78, 5) is 0.975. The van der Waals surface area contributed by atoms with E-state index in [-0.39, 0.29) is 0 Å². The molecule has 54 valence electrons. The Morgan fingerprint density at radius 2 is 1.60 bits per heavy atom. The second kappa shape index (κ2) is 3.17. The van der Waals surface area contributed by atoms with E-state index in [1.807, 2.05) is 30.3 Å². The minimum absolute atomic E-state index is 0.975. The fraction of sp³-hybridized carbons (Fsp3) is 0. The Kier molecular flexibility index (Phi) is 2.68. The van der Waals surface area contributed by atoms with E-state index in [1.54, 1.807) is 0 Å². The van der Waals surface area contributed by atoms with Crippen molar-refractivity contribution in [2.24, 2.45) is 0 Å². The summed E-state index contributed by atoms with van der Waals surface area (Å²) in [6, 6.07) is 9.62. The third kappa shape index (κ3) is 2.20. The van der Waals surface area contributed by atoms with Crippen LogP contribution in [0.3, 0.4) is 0 Å². The average molecular weight is 206 g/mol. The number of rotatable bonds is 1. The number of hydrogen-bond acceptors (Lipinski definition) is 2. The van der Waals surface area contributed by atoms with E-state index in [9.17, 15) is 0 Å². The third-order valence-corrected chi connectivity index (χ3v) is 3.70. The molecule has 1 aromatic carbocycles. The van der Waals surface area contributed by atoms with Crippen molar-refractivity contribution >= 4 is 40.2 Å². The SMILES string of the molecule is S=S(=S)(S)c1ccccc1. The number of thiol groups is 1. The van der Waals surface area contributed by atoms with E-state index in [0.29, 0.717) is 0 Å². The van der Waals surface area contributed by atoms with Gasteiger partial charge < -0.3 is 0 Å². The van der Waals surface area contributed by atoms with Crippen molar-refractivity contribution in [3.05, 3.63) is 30.3 Å². The Hall–Kier alpha value is 0.360. The Balaban J connectivity index is 3.22. The summed E-state index contributed by atoms with van der Waals surface area (Å²) < 4.78 is 0. The van der Waals surface area contributed by atoms with Gasteiger partial charge in [0, 0.05) is 4.90 Å². The van der Waals surface area contributed by atoms with Crippen LogP contribution in [-0.4, -0.2) is 0 Å². The van der Waals surface area contributed by atoms with Crippen LogP contribution in [0.15, 0.2) is 35.2 Å². The van der Waals surface area contributed by atoms with Gasteiger partial charge in [-0.2, -0.15) is 0 Å². The van der Waals surface area contributed by atoms with Crippen LogP contribution in [-0.2, 0) is 28.6 Å². The zero-order chi connectivity index (χ0) is 7.61. The Labute approximate surface area is 75.3 Å². The van der Waals surface area contributed by atoms with Crippen LogP contribution in [0.1, 0.15) is 0 Å². The maximum atomic E-state index is 5.01. The van der Waals surface area contributed by atoms with E-state index in [1.165, 1.54) is 0 Å². The molecule has 0 amide bonds. The third-order valence-electron chi connectivity index (χ3n) is 1.04. The standard InChI is InChI=1S/C6H6S4/c7-10(8,9)6-4-2-1-3-5-6/h1-5H,(H,7,8,9). The van der Waals surface area contributed by atoms with Crippen LogP contribution in [0.25, 0.3) is 0 Å². The predicted molar refractivity (Wildman–Crippen MR) is 55.8 cm³/mol. The van der Waals surface area contributed by atoms with Gasteiger partial charge in [0.2, 0.25) is 0 Å². The maximum absolute atomic E-state index is 5.01. The summed E-state index contributed by atoms with van der Waals surface area (Å²) in [5.41, 5.74) is 0. The molecule has 0 saturated heterocycles. The van der Waals surface area contributed by atoms with E-state index in [0.717, 1.165) is 4.90 Å². The molecular formula is C6H6S4. The lowest BCUT2D eigenvalue weighted by molar-refractivity contribution is 1.47. The summed E-state index contributed by atoms with van der Waals surface area (Å²) in [5.74, 6) is 0. The highest BCUT2D eigenvalue weighted by atomic mass is 33.5. The second-order valence-corrected chi connectivity index (χ2v) is 9.97. The highest BCUT2D eigenvalue weighted by Crippen LogP contribution is 2.13. The quantitative estimate of drug-likeness (QED) is 0.551. The summed E-state index contributed by atoms with van der Waals surface area (Å²) in [5, 5.41) is 0. The lowest BCUT2D eigenvalue weighted by Gasteiger charge is -1.99. The van der Waals surface area contributed by atoms with Gasteiger partial charge in [-0.25, -0.2) is 0 Å². The second-order valence-electron chi connectivity index (χ2n) is 1.79. The molecule has 10 heavy (non-hydrogen) atoms. The molecule has 0 bridgehead atoms. The van der Waals surface area contributed by atoms with Crippen LogP contribution in [0, 0.1) is 0 Å². The van der Waals surface area contributed by atoms with Crippen molar-refractivity contribution in [2.75, 3.05) is 0 Å². The number of hydrogen-bond donors (Lipinski definition) is 1. The molecule has 0 aromatic heterocycles. The Morgan fingerprint density at radius 3 is 1.90 bits per heavy atom. The molecule has 0 spiro atoms. The molecule has 4 heteroatoms. The Bertz CT molecular complexity index is 298.